The fourth-order valence-corrected chi connectivity index (χ4v) is 1.59. The SMILES string of the molecule is C[C@H]1Nc2ccccc2N(C)C1=O. The molecule has 3 heteroatoms. The molecule has 2 rings (SSSR count). The number of para-hydroxylation sites is 2. The number of hydrogen-bond donors (Lipinski definition) is 1. The molecule has 1 aromatic rings. The summed E-state index contributed by atoms with van der Waals surface area (Å²) in [7, 11) is 1.80. The number of rotatable bonds is 0. The van der Waals surface area contributed by atoms with Gasteiger partial charge in [-0.25, -0.2) is 0 Å². The zero-order valence-electron chi connectivity index (χ0n) is 7.74. The van der Waals surface area contributed by atoms with Crippen LogP contribution < -0.4 is 10.2 Å². The molecule has 68 valence electrons. The van der Waals surface area contributed by atoms with Crippen molar-refractivity contribution in [2.75, 3.05) is 17.3 Å². The Morgan fingerprint density at radius 3 is 2.85 bits per heavy atom. The van der Waals surface area contributed by atoms with E-state index in [0.29, 0.717) is 0 Å². The van der Waals surface area contributed by atoms with Gasteiger partial charge in [0.1, 0.15) is 6.04 Å². The van der Waals surface area contributed by atoms with Crippen LogP contribution >= 0.6 is 0 Å². The zero-order chi connectivity index (χ0) is 9.42. The van der Waals surface area contributed by atoms with Gasteiger partial charge in [-0.1, -0.05) is 12.1 Å². The van der Waals surface area contributed by atoms with Crippen LogP contribution in [0.4, 0.5) is 11.4 Å². The molecule has 3 nitrogen and oxygen atoms in total. The van der Waals surface area contributed by atoms with Crippen LogP contribution in [-0.2, 0) is 4.79 Å². The highest BCUT2D eigenvalue weighted by molar-refractivity contribution is 6.04. The summed E-state index contributed by atoms with van der Waals surface area (Å²) in [5.74, 6) is 0.110. The highest BCUT2D eigenvalue weighted by Crippen LogP contribution is 2.29. The minimum absolute atomic E-state index is 0.110. The summed E-state index contributed by atoms with van der Waals surface area (Å²) in [5, 5.41) is 3.15. The van der Waals surface area contributed by atoms with Crippen LogP contribution in [0.3, 0.4) is 0 Å². The number of nitrogens with one attached hydrogen (secondary N) is 1. The molecule has 1 aliphatic rings. The van der Waals surface area contributed by atoms with E-state index < -0.39 is 0 Å². The van der Waals surface area contributed by atoms with E-state index in [2.05, 4.69) is 5.32 Å². The lowest BCUT2D eigenvalue weighted by Crippen LogP contribution is -2.43. The minimum Gasteiger partial charge on any atom is -0.372 e. The quantitative estimate of drug-likeness (QED) is 0.649. The van der Waals surface area contributed by atoms with Crippen LogP contribution in [0.2, 0.25) is 0 Å². The van der Waals surface area contributed by atoms with Gasteiger partial charge in [0.2, 0.25) is 5.91 Å². The predicted octanol–water partition coefficient (Wildman–Crippen LogP) is 1.46. The Bertz CT molecular complexity index is 349. The van der Waals surface area contributed by atoms with E-state index in [-0.39, 0.29) is 11.9 Å². The van der Waals surface area contributed by atoms with Crippen molar-refractivity contribution < 1.29 is 4.79 Å². The van der Waals surface area contributed by atoms with E-state index >= 15 is 0 Å². The fourth-order valence-electron chi connectivity index (χ4n) is 1.59. The second kappa shape index (κ2) is 2.76. The molecule has 0 fully saturated rings. The number of fused-ring (bicyclic) bond motifs is 1. The van der Waals surface area contributed by atoms with Crippen LogP contribution in [0, 0.1) is 0 Å². The first kappa shape index (κ1) is 8.10. The number of benzene rings is 1. The van der Waals surface area contributed by atoms with E-state index in [1.54, 1.807) is 11.9 Å². The van der Waals surface area contributed by atoms with Crippen molar-refractivity contribution in [2.24, 2.45) is 0 Å². The first-order valence-electron chi connectivity index (χ1n) is 4.33. The summed E-state index contributed by atoms with van der Waals surface area (Å²) in [4.78, 5) is 13.2. The molecule has 1 amide bonds. The molecule has 0 saturated heterocycles. The lowest BCUT2D eigenvalue weighted by Gasteiger charge is -2.30. The highest BCUT2D eigenvalue weighted by atomic mass is 16.2. The number of nitrogens with zero attached hydrogens (tertiary/aromatic N) is 1. The largest absolute Gasteiger partial charge is 0.372 e. The third kappa shape index (κ3) is 1.16. The molecule has 0 radical (unpaired) electrons. The van der Waals surface area contributed by atoms with Gasteiger partial charge in [-0.3, -0.25) is 4.79 Å². The molecule has 0 unspecified atom stereocenters. The maximum Gasteiger partial charge on any atom is 0.248 e. The average Bonchev–Trinajstić information content (AvgIpc) is 2.15. The summed E-state index contributed by atoms with van der Waals surface area (Å²) in [5.41, 5.74) is 1.97. The number of hydrogen-bond acceptors (Lipinski definition) is 2. The summed E-state index contributed by atoms with van der Waals surface area (Å²) >= 11 is 0. The molecule has 0 bridgehead atoms. The number of likely N-dealkylation sites (N-methyl/N-ethyl adjacent to an activating group) is 1. The highest BCUT2D eigenvalue weighted by Gasteiger charge is 2.25. The Morgan fingerprint density at radius 1 is 1.38 bits per heavy atom. The van der Waals surface area contributed by atoms with Gasteiger partial charge in [0.25, 0.3) is 0 Å². The third-order valence-electron chi connectivity index (χ3n) is 2.34. The van der Waals surface area contributed by atoms with Crippen molar-refractivity contribution in [1.82, 2.24) is 0 Å². The first-order chi connectivity index (χ1) is 6.20. The number of carbonyl (C=O) groups is 1. The Balaban J connectivity index is 2.49. The Morgan fingerprint density at radius 2 is 2.08 bits per heavy atom. The van der Waals surface area contributed by atoms with Gasteiger partial charge in [0.05, 0.1) is 11.4 Å². The van der Waals surface area contributed by atoms with Crippen molar-refractivity contribution >= 4 is 17.3 Å². The molecule has 1 N–H and O–H groups in total. The molecule has 0 aliphatic carbocycles. The second-order valence-corrected chi connectivity index (χ2v) is 3.28. The van der Waals surface area contributed by atoms with Crippen molar-refractivity contribution in [2.45, 2.75) is 13.0 Å². The normalized spacial score (nSPS) is 20.9. The van der Waals surface area contributed by atoms with Gasteiger partial charge in [0, 0.05) is 7.05 Å². The standard InChI is InChI=1S/C10H12N2O/c1-7-10(13)12(2)9-6-4-3-5-8(9)11-7/h3-7,11H,1-2H3/t7-/m1/s1. The summed E-state index contributed by atoms with van der Waals surface area (Å²) < 4.78 is 0. The molecular formula is C10H12N2O. The van der Waals surface area contributed by atoms with E-state index in [0.717, 1.165) is 11.4 Å². The topological polar surface area (TPSA) is 32.3 Å². The van der Waals surface area contributed by atoms with Crippen LogP contribution in [0.5, 0.6) is 0 Å². The predicted molar refractivity (Wildman–Crippen MR) is 52.9 cm³/mol. The van der Waals surface area contributed by atoms with Crippen LogP contribution in [-0.4, -0.2) is 19.0 Å². The smallest absolute Gasteiger partial charge is 0.248 e. The molecule has 1 atom stereocenters. The number of amides is 1. The van der Waals surface area contributed by atoms with Crippen molar-refractivity contribution in [3.63, 3.8) is 0 Å². The number of anilines is 2. The summed E-state index contributed by atoms with van der Waals surface area (Å²) in [6.45, 7) is 1.87. The second-order valence-electron chi connectivity index (χ2n) is 3.28. The first-order valence-corrected chi connectivity index (χ1v) is 4.33. The van der Waals surface area contributed by atoms with Crippen molar-refractivity contribution in [3.8, 4) is 0 Å². The van der Waals surface area contributed by atoms with E-state index in [4.69, 9.17) is 0 Å². The van der Waals surface area contributed by atoms with Crippen LogP contribution in [0.1, 0.15) is 6.92 Å². The molecule has 1 aromatic carbocycles. The van der Waals surface area contributed by atoms with E-state index in [1.165, 1.54) is 0 Å². The summed E-state index contributed by atoms with van der Waals surface area (Å²) in [6.07, 6.45) is 0. The van der Waals surface area contributed by atoms with Gasteiger partial charge in [-0.05, 0) is 19.1 Å². The molecule has 0 saturated carbocycles. The van der Waals surface area contributed by atoms with Gasteiger partial charge in [-0.15, -0.1) is 0 Å². The lowest BCUT2D eigenvalue weighted by molar-refractivity contribution is -0.118. The van der Waals surface area contributed by atoms with Crippen LogP contribution in [0.25, 0.3) is 0 Å². The van der Waals surface area contributed by atoms with E-state index in [1.807, 2.05) is 31.2 Å². The summed E-state index contributed by atoms with van der Waals surface area (Å²) in [6, 6.07) is 7.68. The molecule has 1 heterocycles. The fraction of sp³-hybridized carbons (Fsp3) is 0.300. The maximum atomic E-state index is 11.6. The van der Waals surface area contributed by atoms with Gasteiger partial charge >= 0.3 is 0 Å². The zero-order valence-corrected chi connectivity index (χ0v) is 7.74. The van der Waals surface area contributed by atoms with Gasteiger partial charge < -0.3 is 10.2 Å². The van der Waals surface area contributed by atoms with Gasteiger partial charge in [0.15, 0.2) is 0 Å². The molecule has 13 heavy (non-hydrogen) atoms. The third-order valence-corrected chi connectivity index (χ3v) is 2.34. The maximum absolute atomic E-state index is 11.6. The Kier molecular flexibility index (Phi) is 1.72. The lowest BCUT2D eigenvalue weighted by atomic mass is 10.1. The number of carbonyl (C=O) groups excluding carboxylic acids is 1. The minimum atomic E-state index is -0.125. The molecule has 0 aromatic heterocycles. The molecular weight excluding hydrogens is 164 g/mol. The van der Waals surface area contributed by atoms with Gasteiger partial charge in [-0.2, -0.15) is 0 Å². The molecule has 1 aliphatic heterocycles. The Hall–Kier alpha value is -1.51. The van der Waals surface area contributed by atoms with Crippen LogP contribution in [0.15, 0.2) is 24.3 Å². The molecule has 0 spiro atoms. The van der Waals surface area contributed by atoms with E-state index in [9.17, 15) is 4.79 Å². The average molecular weight is 176 g/mol. The van der Waals surface area contributed by atoms with Crippen molar-refractivity contribution in [1.29, 1.82) is 0 Å². The monoisotopic (exact) mass is 176 g/mol. The van der Waals surface area contributed by atoms with Crippen molar-refractivity contribution in [3.05, 3.63) is 24.3 Å². The Labute approximate surface area is 77.4 Å².